The van der Waals surface area contributed by atoms with Gasteiger partial charge in [-0.25, -0.2) is 0 Å². The van der Waals surface area contributed by atoms with Crippen LogP contribution in [0.2, 0.25) is 0 Å². The lowest BCUT2D eigenvalue weighted by atomic mass is 9.91. The summed E-state index contributed by atoms with van der Waals surface area (Å²) in [6.45, 7) is 7.96. The maximum atomic E-state index is 9.13. The molecule has 3 fully saturated rings. The van der Waals surface area contributed by atoms with Crippen LogP contribution in [0.15, 0.2) is 42.5 Å². The van der Waals surface area contributed by atoms with E-state index in [-0.39, 0.29) is 5.60 Å². The van der Waals surface area contributed by atoms with Gasteiger partial charge in [0.15, 0.2) is 0 Å². The fourth-order valence-electron chi connectivity index (χ4n) is 4.92. The van der Waals surface area contributed by atoms with Crippen molar-refractivity contribution in [2.24, 2.45) is 0 Å². The topological polar surface area (TPSA) is 51.5 Å². The van der Waals surface area contributed by atoms with E-state index in [1.54, 1.807) is 0 Å². The van der Waals surface area contributed by atoms with E-state index in [4.69, 9.17) is 10.00 Å². The first-order valence-corrected chi connectivity index (χ1v) is 10.7. The van der Waals surface area contributed by atoms with Crippen LogP contribution in [0.25, 0.3) is 11.1 Å². The number of likely N-dealkylation sites (tertiary alicyclic amines) is 1. The third-order valence-corrected chi connectivity index (χ3v) is 6.40. The molecule has 0 radical (unpaired) electrons. The third kappa shape index (κ3) is 3.76. The molecule has 5 nitrogen and oxygen atoms in total. The Hall–Kier alpha value is -2.39. The molecular weight excluding hydrogens is 360 g/mol. The van der Waals surface area contributed by atoms with Crippen LogP contribution in [0.4, 0.5) is 5.69 Å². The van der Waals surface area contributed by atoms with E-state index in [9.17, 15) is 0 Å². The predicted octanol–water partition coefficient (Wildman–Crippen LogP) is 3.00. The molecule has 0 atom stereocenters. The van der Waals surface area contributed by atoms with Gasteiger partial charge in [0, 0.05) is 57.1 Å². The number of rotatable bonds is 4. The van der Waals surface area contributed by atoms with Crippen LogP contribution < -0.4 is 10.2 Å². The second-order valence-corrected chi connectivity index (χ2v) is 8.59. The molecule has 3 aliphatic heterocycles. The van der Waals surface area contributed by atoms with Crippen molar-refractivity contribution in [2.45, 2.75) is 25.0 Å². The lowest BCUT2D eigenvalue weighted by molar-refractivity contribution is -0.158. The number of nitriles is 1. The fraction of sp³-hybridized carbons (Fsp3) is 0.458. The van der Waals surface area contributed by atoms with Crippen molar-refractivity contribution < 1.29 is 4.74 Å². The molecular formula is C24H28N4O. The van der Waals surface area contributed by atoms with Crippen LogP contribution in [0.5, 0.6) is 0 Å². The van der Waals surface area contributed by atoms with Gasteiger partial charge in [-0.15, -0.1) is 0 Å². The number of anilines is 1. The lowest BCUT2D eigenvalue weighted by Gasteiger charge is -2.51. The van der Waals surface area contributed by atoms with Crippen molar-refractivity contribution in [3.8, 4) is 17.2 Å². The van der Waals surface area contributed by atoms with E-state index in [1.165, 1.54) is 35.2 Å². The molecule has 29 heavy (non-hydrogen) atoms. The third-order valence-electron chi connectivity index (χ3n) is 6.40. The minimum absolute atomic E-state index is 0.0314. The van der Waals surface area contributed by atoms with Crippen molar-refractivity contribution in [3.63, 3.8) is 0 Å². The first-order chi connectivity index (χ1) is 14.2. The zero-order valence-electron chi connectivity index (χ0n) is 16.9. The Morgan fingerprint density at radius 2 is 1.86 bits per heavy atom. The second kappa shape index (κ2) is 7.79. The second-order valence-electron chi connectivity index (χ2n) is 8.59. The zero-order valence-corrected chi connectivity index (χ0v) is 16.9. The number of benzene rings is 2. The summed E-state index contributed by atoms with van der Waals surface area (Å²) < 4.78 is 6.03. The first kappa shape index (κ1) is 18.6. The molecule has 0 aliphatic carbocycles. The highest BCUT2D eigenvalue weighted by atomic mass is 16.5. The van der Waals surface area contributed by atoms with Gasteiger partial charge < -0.3 is 15.0 Å². The molecule has 1 spiro atoms. The van der Waals surface area contributed by atoms with Crippen LogP contribution in [0, 0.1) is 11.3 Å². The molecule has 3 saturated heterocycles. The molecule has 0 bridgehead atoms. The summed E-state index contributed by atoms with van der Waals surface area (Å²) >= 11 is 0. The van der Waals surface area contributed by atoms with Crippen molar-refractivity contribution in [1.82, 2.24) is 10.2 Å². The Morgan fingerprint density at radius 1 is 1.07 bits per heavy atom. The maximum Gasteiger partial charge on any atom is 0.106 e. The molecule has 3 heterocycles. The summed E-state index contributed by atoms with van der Waals surface area (Å²) in [6.07, 6.45) is 2.52. The summed E-state index contributed by atoms with van der Waals surface area (Å²) in [5.74, 6) is 0. The molecule has 5 rings (SSSR count). The number of nitrogens with one attached hydrogen (secondary N) is 1. The van der Waals surface area contributed by atoms with Gasteiger partial charge >= 0.3 is 0 Å². The van der Waals surface area contributed by atoms with Crippen LogP contribution in [-0.2, 0) is 11.3 Å². The van der Waals surface area contributed by atoms with Crippen LogP contribution in [0.1, 0.15) is 24.0 Å². The largest absolute Gasteiger partial charge is 0.371 e. The highest BCUT2D eigenvalue weighted by Crippen LogP contribution is 2.35. The molecule has 1 N–H and O–H groups in total. The van der Waals surface area contributed by atoms with E-state index >= 15 is 0 Å². The quantitative estimate of drug-likeness (QED) is 0.873. The Balaban J connectivity index is 1.38. The van der Waals surface area contributed by atoms with Gasteiger partial charge in [0.05, 0.1) is 18.2 Å². The normalized spacial score (nSPS) is 21.1. The first-order valence-electron chi connectivity index (χ1n) is 10.7. The molecule has 2 aromatic carbocycles. The smallest absolute Gasteiger partial charge is 0.106 e. The minimum Gasteiger partial charge on any atom is -0.371 e. The standard InChI is InChI=1S/C24H28N4O/c25-14-19-3-6-21(7-4-19)22-13-20(5-8-23(22)28-10-1-2-11-28)15-27-17-24(18-27)16-26-9-12-29-24/h3-8,13,26H,1-2,9-12,15-18H2. The Kier molecular flexibility index (Phi) is 5.01. The lowest BCUT2D eigenvalue weighted by Crippen LogP contribution is -2.69. The number of hydrogen-bond acceptors (Lipinski definition) is 5. The Labute approximate surface area is 172 Å². The highest BCUT2D eigenvalue weighted by Gasteiger charge is 2.44. The van der Waals surface area contributed by atoms with Gasteiger partial charge in [-0.05, 0) is 48.2 Å². The van der Waals surface area contributed by atoms with E-state index in [0.717, 1.165) is 52.4 Å². The molecule has 0 amide bonds. The number of ether oxygens (including phenoxy) is 1. The fourth-order valence-corrected chi connectivity index (χ4v) is 4.92. The summed E-state index contributed by atoms with van der Waals surface area (Å²) in [7, 11) is 0. The number of nitrogens with zero attached hydrogens (tertiary/aromatic N) is 3. The molecule has 5 heteroatoms. The molecule has 3 aliphatic rings. The highest BCUT2D eigenvalue weighted by molar-refractivity contribution is 5.79. The van der Waals surface area contributed by atoms with Crippen LogP contribution >= 0.6 is 0 Å². The average molecular weight is 389 g/mol. The monoisotopic (exact) mass is 388 g/mol. The SMILES string of the molecule is N#Cc1ccc(-c2cc(CN3CC4(CNCCO4)C3)ccc2N2CCCC2)cc1. The molecule has 0 unspecified atom stereocenters. The number of morpholine rings is 1. The van der Waals surface area contributed by atoms with Gasteiger partial charge in [-0.1, -0.05) is 18.2 Å². The van der Waals surface area contributed by atoms with Gasteiger partial charge in [0.25, 0.3) is 0 Å². The van der Waals surface area contributed by atoms with Crippen molar-refractivity contribution >= 4 is 5.69 Å². The van der Waals surface area contributed by atoms with Gasteiger partial charge in [-0.3, -0.25) is 4.90 Å². The number of hydrogen-bond donors (Lipinski definition) is 1. The van der Waals surface area contributed by atoms with E-state index in [0.29, 0.717) is 5.56 Å². The van der Waals surface area contributed by atoms with Crippen LogP contribution in [0.3, 0.4) is 0 Å². The van der Waals surface area contributed by atoms with Crippen molar-refractivity contribution in [3.05, 3.63) is 53.6 Å². The van der Waals surface area contributed by atoms with Crippen molar-refractivity contribution in [2.75, 3.05) is 50.8 Å². The summed E-state index contributed by atoms with van der Waals surface area (Å²) in [4.78, 5) is 4.97. The molecule has 2 aromatic rings. The minimum atomic E-state index is 0.0314. The summed E-state index contributed by atoms with van der Waals surface area (Å²) in [5.41, 5.74) is 5.86. The Morgan fingerprint density at radius 3 is 2.55 bits per heavy atom. The summed E-state index contributed by atoms with van der Waals surface area (Å²) in [5, 5.41) is 12.6. The van der Waals surface area contributed by atoms with E-state index in [1.807, 2.05) is 12.1 Å². The molecule has 150 valence electrons. The van der Waals surface area contributed by atoms with E-state index in [2.05, 4.69) is 51.5 Å². The van der Waals surface area contributed by atoms with Crippen LogP contribution in [-0.4, -0.2) is 56.4 Å². The van der Waals surface area contributed by atoms with Gasteiger partial charge in [0.2, 0.25) is 0 Å². The van der Waals surface area contributed by atoms with Gasteiger partial charge in [-0.2, -0.15) is 5.26 Å². The molecule has 0 saturated carbocycles. The van der Waals surface area contributed by atoms with Crippen molar-refractivity contribution in [1.29, 1.82) is 5.26 Å². The zero-order chi connectivity index (χ0) is 19.7. The molecule has 0 aromatic heterocycles. The van der Waals surface area contributed by atoms with Gasteiger partial charge in [0.1, 0.15) is 5.60 Å². The maximum absolute atomic E-state index is 9.13. The predicted molar refractivity (Wildman–Crippen MR) is 115 cm³/mol. The Bertz CT molecular complexity index is 897. The summed E-state index contributed by atoms with van der Waals surface area (Å²) in [6, 6.07) is 17.1. The average Bonchev–Trinajstić information content (AvgIpc) is 3.28. The van der Waals surface area contributed by atoms with E-state index < -0.39 is 0 Å².